The minimum absolute atomic E-state index is 0.000613. The second-order valence-corrected chi connectivity index (χ2v) is 11.7. The molecule has 0 saturated heterocycles. The predicted molar refractivity (Wildman–Crippen MR) is 149 cm³/mol. The zero-order valence-corrected chi connectivity index (χ0v) is 23.9. The Hall–Kier alpha value is -1.60. The number of benzene rings is 2. The number of hydrogen-bond donors (Lipinski definition) is 0. The molecular formula is C31H45F2OP. The lowest BCUT2D eigenvalue weighted by Crippen LogP contribution is -2.27. The Kier molecular flexibility index (Phi) is 10.6. The standard InChI is InChI=1S/C29H39F2OP.C2H6/c1-6-26(27(32)24-13-7-20(8-14-24)19(2)29(30,31)33)23-11-9-21(10-12-23)22-15-17-25(18-16-22)28(3,4)5;1-2/h7-8,13-19,21,23,26H,6,9-12,33H2,1-5H3;1-2H3. The molecule has 0 N–H and O–H groups in total. The number of hydrogen-bond acceptors (Lipinski definition) is 1. The summed E-state index contributed by atoms with van der Waals surface area (Å²) in [7, 11) is 1.61. The topological polar surface area (TPSA) is 17.1 Å². The monoisotopic (exact) mass is 502 g/mol. The van der Waals surface area contributed by atoms with Crippen LogP contribution in [0.3, 0.4) is 0 Å². The number of carbonyl (C=O) groups excluding carboxylic acids is 1. The van der Waals surface area contributed by atoms with E-state index in [1.54, 1.807) is 33.5 Å². The highest BCUT2D eigenvalue weighted by Crippen LogP contribution is 2.42. The summed E-state index contributed by atoms with van der Waals surface area (Å²) in [5.41, 5.74) is 1.28. The molecule has 1 aliphatic carbocycles. The molecule has 0 heterocycles. The summed E-state index contributed by atoms with van der Waals surface area (Å²) in [6.07, 6.45) is 5.16. The lowest BCUT2D eigenvalue weighted by molar-refractivity contribution is 0.0781. The summed E-state index contributed by atoms with van der Waals surface area (Å²) in [5, 5.41) is 0. The maximum atomic E-state index is 13.6. The first-order valence-electron chi connectivity index (χ1n) is 13.3. The van der Waals surface area contributed by atoms with Crippen LogP contribution in [0, 0.1) is 11.8 Å². The van der Waals surface area contributed by atoms with Crippen LogP contribution in [0.1, 0.15) is 119 Å². The van der Waals surface area contributed by atoms with E-state index in [1.807, 2.05) is 13.8 Å². The molecule has 35 heavy (non-hydrogen) atoms. The Labute approximate surface area is 214 Å². The Bertz CT molecular complexity index is 914. The number of alkyl halides is 2. The van der Waals surface area contributed by atoms with Crippen molar-refractivity contribution in [3.63, 3.8) is 0 Å². The smallest absolute Gasteiger partial charge is 0.265 e. The van der Waals surface area contributed by atoms with E-state index in [0.717, 1.165) is 32.1 Å². The Morgan fingerprint density at radius 2 is 1.46 bits per heavy atom. The third-order valence-electron chi connectivity index (χ3n) is 7.64. The molecule has 0 spiro atoms. The van der Waals surface area contributed by atoms with Gasteiger partial charge < -0.3 is 0 Å². The fourth-order valence-corrected chi connectivity index (χ4v) is 5.41. The van der Waals surface area contributed by atoms with Crippen LogP contribution in [0.2, 0.25) is 0 Å². The number of halogens is 2. The summed E-state index contributed by atoms with van der Waals surface area (Å²) in [5.74, 6) is 0.217. The quantitative estimate of drug-likeness (QED) is 0.272. The van der Waals surface area contributed by atoms with Crippen molar-refractivity contribution < 1.29 is 13.6 Å². The molecule has 4 heteroatoms. The second kappa shape index (κ2) is 12.6. The number of Topliss-reactive ketones (excluding diaryl/α,β-unsaturated/α-hetero) is 1. The molecule has 1 aliphatic rings. The first-order valence-corrected chi connectivity index (χ1v) is 13.9. The molecule has 2 aromatic rings. The normalized spacial score (nSPS) is 20.4. The molecule has 0 aliphatic heterocycles. The summed E-state index contributed by atoms with van der Waals surface area (Å²) in [4.78, 5) is 13.3. The molecule has 3 rings (SSSR count). The molecule has 0 radical (unpaired) electrons. The Morgan fingerprint density at radius 3 is 1.89 bits per heavy atom. The van der Waals surface area contributed by atoms with Gasteiger partial charge in [-0.05, 0) is 66.0 Å². The van der Waals surface area contributed by atoms with E-state index in [1.165, 1.54) is 18.1 Å². The van der Waals surface area contributed by atoms with Crippen molar-refractivity contribution in [2.75, 3.05) is 0 Å². The van der Waals surface area contributed by atoms with Crippen LogP contribution in [0.4, 0.5) is 8.78 Å². The van der Waals surface area contributed by atoms with Gasteiger partial charge in [-0.3, -0.25) is 4.79 Å². The van der Waals surface area contributed by atoms with Gasteiger partial charge in [-0.1, -0.05) is 106 Å². The predicted octanol–water partition coefficient (Wildman–Crippen LogP) is 9.76. The molecule has 0 bridgehead atoms. The van der Waals surface area contributed by atoms with E-state index in [2.05, 4.69) is 52.0 Å². The van der Waals surface area contributed by atoms with Crippen LogP contribution in [-0.4, -0.2) is 11.4 Å². The van der Waals surface area contributed by atoms with E-state index in [9.17, 15) is 13.6 Å². The van der Waals surface area contributed by atoms with Crippen LogP contribution in [0.5, 0.6) is 0 Å². The summed E-state index contributed by atoms with van der Waals surface area (Å²) >= 11 is 0. The maximum Gasteiger partial charge on any atom is 0.265 e. The van der Waals surface area contributed by atoms with Crippen LogP contribution >= 0.6 is 9.24 Å². The Morgan fingerprint density at radius 1 is 0.943 bits per heavy atom. The van der Waals surface area contributed by atoms with Crippen molar-refractivity contribution in [3.8, 4) is 0 Å². The molecule has 1 saturated carbocycles. The summed E-state index contributed by atoms with van der Waals surface area (Å²) < 4.78 is 27.2. The molecule has 0 amide bonds. The number of carbonyl (C=O) groups is 1. The molecule has 1 fully saturated rings. The van der Waals surface area contributed by atoms with Crippen molar-refractivity contribution in [1.82, 2.24) is 0 Å². The fourth-order valence-electron chi connectivity index (χ4n) is 5.22. The third-order valence-corrected chi connectivity index (χ3v) is 8.14. The molecular weight excluding hydrogens is 457 g/mol. The molecule has 3 unspecified atom stereocenters. The van der Waals surface area contributed by atoms with Gasteiger partial charge in [-0.2, -0.15) is 0 Å². The third kappa shape index (κ3) is 7.69. The second-order valence-electron chi connectivity index (χ2n) is 10.9. The van der Waals surface area contributed by atoms with Crippen molar-refractivity contribution in [2.45, 2.75) is 103 Å². The highest BCUT2D eigenvalue weighted by atomic mass is 31.0. The maximum absolute atomic E-state index is 13.6. The zero-order chi connectivity index (χ0) is 26.4. The van der Waals surface area contributed by atoms with Gasteiger partial charge in [0.1, 0.15) is 0 Å². The first kappa shape index (κ1) is 29.6. The van der Waals surface area contributed by atoms with Gasteiger partial charge in [0.25, 0.3) is 5.66 Å². The molecule has 2 aromatic carbocycles. The minimum Gasteiger partial charge on any atom is -0.294 e. The number of ketones is 1. The van der Waals surface area contributed by atoms with E-state index in [-0.39, 0.29) is 17.1 Å². The van der Waals surface area contributed by atoms with E-state index in [4.69, 9.17) is 0 Å². The SMILES string of the molecule is CC.CCC(C(=O)c1ccc(C(C)C(F)(F)P)cc1)C1CCC(c2ccc(C(C)(C)C)cc2)CC1. The summed E-state index contributed by atoms with van der Waals surface area (Å²) in [6.45, 7) is 14.3. The van der Waals surface area contributed by atoms with Gasteiger partial charge in [0, 0.05) is 17.4 Å². The van der Waals surface area contributed by atoms with Crippen LogP contribution in [0.15, 0.2) is 48.5 Å². The van der Waals surface area contributed by atoms with Crippen LogP contribution in [-0.2, 0) is 5.41 Å². The molecule has 1 nitrogen and oxygen atoms in total. The average molecular weight is 503 g/mol. The van der Waals surface area contributed by atoms with Crippen molar-refractivity contribution in [3.05, 3.63) is 70.8 Å². The van der Waals surface area contributed by atoms with Crippen LogP contribution < -0.4 is 0 Å². The fraction of sp³-hybridized carbons (Fsp3) is 0.581. The lowest BCUT2D eigenvalue weighted by Gasteiger charge is -2.33. The van der Waals surface area contributed by atoms with Crippen molar-refractivity contribution in [1.29, 1.82) is 0 Å². The highest BCUT2D eigenvalue weighted by molar-refractivity contribution is 7.18. The van der Waals surface area contributed by atoms with E-state index >= 15 is 0 Å². The zero-order valence-electron chi connectivity index (χ0n) is 22.7. The van der Waals surface area contributed by atoms with Gasteiger partial charge in [-0.15, -0.1) is 0 Å². The van der Waals surface area contributed by atoms with Gasteiger partial charge in [0.2, 0.25) is 0 Å². The largest absolute Gasteiger partial charge is 0.294 e. The van der Waals surface area contributed by atoms with Crippen molar-refractivity contribution >= 4 is 15.0 Å². The van der Waals surface area contributed by atoms with Crippen LogP contribution in [0.25, 0.3) is 0 Å². The van der Waals surface area contributed by atoms with Gasteiger partial charge in [0.05, 0.1) is 0 Å². The van der Waals surface area contributed by atoms with E-state index < -0.39 is 11.6 Å². The van der Waals surface area contributed by atoms with Gasteiger partial charge in [0.15, 0.2) is 5.78 Å². The Balaban J connectivity index is 0.00000210. The lowest BCUT2D eigenvalue weighted by atomic mass is 9.71. The van der Waals surface area contributed by atoms with Gasteiger partial charge in [-0.25, -0.2) is 8.78 Å². The molecule has 0 aromatic heterocycles. The highest BCUT2D eigenvalue weighted by Gasteiger charge is 2.33. The molecule has 3 atom stereocenters. The summed E-state index contributed by atoms with van der Waals surface area (Å²) in [6, 6.07) is 15.9. The average Bonchev–Trinajstić information content (AvgIpc) is 2.85. The minimum atomic E-state index is -2.86. The van der Waals surface area contributed by atoms with Gasteiger partial charge >= 0.3 is 0 Å². The van der Waals surface area contributed by atoms with Crippen molar-refractivity contribution in [2.24, 2.45) is 11.8 Å². The number of rotatable bonds is 7. The first-order chi connectivity index (χ1) is 16.4. The van der Waals surface area contributed by atoms with E-state index in [0.29, 0.717) is 23.0 Å². The molecule has 194 valence electrons.